The van der Waals surface area contributed by atoms with E-state index >= 15 is 0 Å². The van der Waals surface area contributed by atoms with Gasteiger partial charge in [-0.1, -0.05) is 42.5 Å². The highest BCUT2D eigenvalue weighted by Crippen LogP contribution is 2.44. The average molecular weight is 464 g/mol. The van der Waals surface area contributed by atoms with Gasteiger partial charge >= 0.3 is 0 Å². The lowest BCUT2D eigenvalue weighted by Crippen LogP contribution is -2.30. The SMILES string of the molecule is O=C1C(=O)N(c2cccc3ccccc23)C(c2ccccn2)/C1=C(\O)c1ccc2c(c1)OCCO2. The van der Waals surface area contributed by atoms with E-state index in [1.54, 1.807) is 48.7 Å². The van der Waals surface area contributed by atoms with E-state index in [1.807, 2.05) is 36.4 Å². The van der Waals surface area contributed by atoms with Crippen molar-refractivity contribution < 1.29 is 24.2 Å². The fraction of sp³-hybridized carbons (Fsp3) is 0.107. The third-order valence-corrected chi connectivity index (χ3v) is 6.25. The maximum absolute atomic E-state index is 13.5. The lowest BCUT2D eigenvalue weighted by molar-refractivity contribution is -0.132. The Labute approximate surface area is 200 Å². The molecule has 4 aromatic rings. The first-order valence-electron chi connectivity index (χ1n) is 11.2. The second-order valence-electron chi connectivity index (χ2n) is 8.28. The highest BCUT2D eigenvalue weighted by atomic mass is 16.6. The number of carbonyl (C=O) groups is 2. The van der Waals surface area contributed by atoms with Gasteiger partial charge in [-0.05, 0) is 41.8 Å². The van der Waals surface area contributed by atoms with Gasteiger partial charge in [-0.3, -0.25) is 19.5 Å². The molecule has 0 aliphatic carbocycles. The van der Waals surface area contributed by atoms with Gasteiger partial charge in [0.2, 0.25) is 0 Å². The van der Waals surface area contributed by atoms with Gasteiger partial charge in [0.05, 0.1) is 17.0 Å². The first-order chi connectivity index (χ1) is 17.1. The Morgan fingerprint density at radius 2 is 1.66 bits per heavy atom. The number of aliphatic hydroxyl groups excluding tert-OH is 1. The lowest BCUT2D eigenvalue weighted by Gasteiger charge is -2.26. The van der Waals surface area contributed by atoms with Crippen LogP contribution in [0.4, 0.5) is 5.69 Å². The van der Waals surface area contributed by atoms with Crippen molar-refractivity contribution in [2.45, 2.75) is 6.04 Å². The number of hydrogen-bond donors (Lipinski definition) is 1. The van der Waals surface area contributed by atoms with Gasteiger partial charge in [0.25, 0.3) is 11.7 Å². The first-order valence-corrected chi connectivity index (χ1v) is 11.2. The molecule has 172 valence electrons. The highest BCUT2D eigenvalue weighted by molar-refractivity contribution is 6.52. The summed E-state index contributed by atoms with van der Waals surface area (Å²) in [4.78, 5) is 32.8. The van der Waals surface area contributed by atoms with Crippen LogP contribution in [0.5, 0.6) is 11.5 Å². The molecule has 0 spiro atoms. The van der Waals surface area contributed by atoms with Crippen molar-refractivity contribution >= 4 is 33.9 Å². The number of aliphatic hydroxyl groups is 1. The maximum Gasteiger partial charge on any atom is 0.300 e. The summed E-state index contributed by atoms with van der Waals surface area (Å²) in [6, 6.07) is 22.5. The number of amides is 1. The molecule has 0 radical (unpaired) electrons. The monoisotopic (exact) mass is 464 g/mol. The molecule has 1 aromatic heterocycles. The molecule has 2 aliphatic heterocycles. The number of carbonyl (C=O) groups excluding carboxylic acids is 2. The lowest BCUT2D eigenvalue weighted by atomic mass is 9.97. The molecule has 1 amide bonds. The van der Waals surface area contributed by atoms with Gasteiger partial charge < -0.3 is 14.6 Å². The summed E-state index contributed by atoms with van der Waals surface area (Å²) in [6.07, 6.45) is 1.60. The minimum atomic E-state index is -0.907. The van der Waals surface area contributed by atoms with E-state index in [-0.39, 0.29) is 11.3 Å². The van der Waals surface area contributed by atoms with Crippen molar-refractivity contribution in [1.82, 2.24) is 4.98 Å². The van der Waals surface area contributed by atoms with E-state index in [0.29, 0.717) is 41.7 Å². The summed E-state index contributed by atoms with van der Waals surface area (Å²) < 4.78 is 11.2. The molecule has 0 saturated carbocycles. The number of ether oxygens (including phenoxy) is 2. The fourth-order valence-corrected chi connectivity index (χ4v) is 4.66. The second kappa shape index (κ2) is 8.29. The van der Waals surface area contributed by atoms with Crippen LogP contribution in [0.1, 0.15) is 17.3 Å². The van der Waals surface area contributed by atoms with E-state index in [1.165, 1.54) is 4.90 Å². The van der Waals surface area contributed by atoms with Crippen LogP contribution in [0, 0.1) is 0 Å². The quantitative estimate of drug-likeness (QED) is 0.270. The molecule has 2 aliphatic rings. The maximum atomic E-state index is 13.5. The Balaban J connectivity index is 1.57. The number of benzene rings is 3. The molecular formula is C28H20N2O5. The summed E-state index contributed by atoms with van der Waals surface area (Å²) in [7, 11) is 0. The van der Waals surface area contributed by atoms with E-state index in [2.05, 4.69) is 4.98 Å². The Kier molecular flexibility index (Phi) is 4.95. The summed E-state index contributed by atoms with van der Waals surface area (Å²) in [5.74, 6) is -0.765. The van der Waals surface area contributed by atoms with E-state index in [4.69, 9.17) is 9.47 Å². The second-order valence-corrected chi connectivity index (χ2v) is 8.28. The van der Waals surface area contributed by atoms with Crippen LogP contribution < -0.4 is 14.4 Å². The Hall–Kier alpha value is -4.65. The van der Waals surface area contributed by atoms with Gasteiger partial charge in [0.1, 0.15) is 25.0 Å². The minimum Gasteiger partial charge on any atom is -0.507 e. The average Bonchev–Trinajstić information content (AvgIpc) is 3.18. The molecular weight excluding hydrogens is 444 g/mol. The summed E-state index contributed by atoms with van der Waals surface area (Å²) >= 11 is 0. The van der Waals surface area contributed by atoms with Crippen LogP contribution in [0.15, 0.2) is 90.6 Å². The number of nitrogens with zero attached hydrogens (tertiary/aromatic N) is 2. The zero-order valence-corrected chi connectivity index (χ0v) is 18.5. The summed E-state index contributed by atoms with van der Waals surface area (Å²) in [5, 5.41) is 13.1. The standard InChI is InChI=1S/C28H20N2O5/c31-26(18-11-12-22-23(16-18)35-15-14-34-22)24-25(20-9-3-4-13-29-20)30(28(33)27(24)32)21-10-5-7-17-6-1-2-8-19(17)21/h1-13,16,25,31H,14-15H2/b26-24+. The number of ketones is 1. The number of rotatable bonds is 3. The molecule has 3 aromatic carbocycles. The number of hydrogen-bond acceptors (Lipinski definition) is 6. The number of anilines is 1. The fourth-order valence-electron chi connectivity index (χ4n) is 4.66. The van der Waals surface area contributed by atoms with Crippen LogP contribution in [-0.2, 0) is 9.59 Å². The predicted molar refractivity (Wildman–Crippen MR) is 130 cm³/mol. The zero-order valence-electron chi connectivity index (χ0n) is 18.5. The summed E-state index contributed by atoms with van der Waals surface area (Å²) in [5.41, 5.74) is 1.37. The van der Waals surface area contributed by atoms with Crippen LogP contribution in [0.3, 0.4) is 0 Å². The van der Waals surface area contributed by atoms with Crippen molar-refractivity contribution in [3.63, 3.8) is 0 Å². The molecule has 7 heteroatoms. The number of Topliss-reactive ketones (excluding diaryl/α,β-unsaturated/α-hetero) is 1. The molecule has 1 unspecified atom stereocenters. The highest BCUT2D eigenvalue weighted by Gasteiger charge is 2.48. The molecule has 35 heavy (non-hydrogen) atoms. The molecule has 1 N–H and O–H groups in total. The van der Waals surface area contributed by atoms with Gasteiger partial charge in [-0.15, -0.1) is 0 Å². The molecule has 1 atom stereocenters. The Bertz CT molecular complexity index is 1510. The van der Waals surface area contributed by atoms with Crippen LogP contribution >= 0.6 is 0 Å². The molecule has 0 bridgehead atoms. The van der Waals surface area contributed by atoms with E-state index < -0.39 is 17.7 Å². The third kappa shape index (κ3) is 3.40. The van der Waals surface area contributed by atoms with Crippen LogP contribution in [0.2, 0.25) is 0 Å². The number of fused-ring (bicyclic) bond motifs is 2. The van der Waals surface area contributed by atoms with Gasteiger partial charge in [0.15, 0.2) is 11.5 Å². The first kappa shape index (κ1) is 20.9. The topological polar surface area (TPSA) is 89.0 Å². The van der Waals surface area contributed by atoms with Gasteiger partial charge in [-0.25, -0.2) is 0 Å². The molecule has 3 heterocycles. The predicted octanol–water partition coefficient (Wildman–Crippen LogP) is 4.63. The van der Waals surface area contributed by atoms with Crippen molar-refractivity contribution in [1.29, 1.82) is 0 Å². The Morgan fingerprint density at radius 3 is 2.49 bits per heavy atom. The van der Waals surface area contributed by atoms with Crippen molar-refractivity contribution in [2.24, 2.45) is 0 Å². The molecule has 1 saturated heterocycles. The summed E-state index contributed by atoms with van der Waals surface area (Å²) in [6.45, 7) is 0.824. The van der Waals surface area contributed by atoms with Crippen molar-refractivity contribution in [3.05, 3.63) is 102 Å². The van der Waals surface area contributed by atoms with Gasteiger partial charge in [0, 0.05) is 17.1 Å². The number of aromatic nitrogens is 1. The largest absolute Gasteiger partial charge is 0.507 e. The normalized spacial score (nSPS) is 18.7. The number of pyridine rings is 1. The molecule has 7 nitrogen and oxygen atoms in total. The van der Waals surface area contributed by atoms with E-state index in [0.717, 1.165) is 10.8 Å². The van der Waals surface area contributed by atoms with Crippen molar-refractivity contribution in [3.8, 4) is 11.5 Å². The molecule has 6 rings (SSSR count). The third-order valence-electron chi connectivity index (χ3n) is 6.25. The van der Waals surface area contributed by atoms with Crippen LogP contribution in [0.25, 0.3) is 16.5 Å². The minimum absolute atomic E-state index is 0.0293. The van der Waals surface area contributed by atoms with Crippen molar-refractivity contribution in [2.75, 3.05) is 18.1 Å². The smallest absolute Gasteiger partial charge is 0.300 e. The zero-order chi connectivity index (χ0) is 23.9. The molecule has 1 fully saturated rings. The Morgan fingerprint density at radius 1 is 0.886 bits per heavy atom. The van der Waals surface area contributed by atoms with Gasteiger partial charge in [-0.2, -0.15) is 0 Å². The van der Waals surface area contributed by atoms with E-state index in [9.17, 15) is 14.7 Å². The van der Waals surface area contributed by atoms with Crippen LogP contribution in [-0.4, -0.2) is 35.0 Å².